The van der Waals surface area contributed by atoms with Crippen LogP contribution in [0.4, 0.5) is 0 Å². The van der Waals surface area contributed by atoms with Gasteiger partial charge in [0, 0.05) is 17.8 Å². The van der Waals surface area contributed by atoms with E-state index in [0.29, 0.717) is 24.1 Å². The normalized spacial score (nSPS) is 31.4. The number of nitrogens with zero attached hydrogens (tertiary/aromatic N) is 2. The van der Waals surface area contributed by atoms with Gasteiger partial charge in [-0.25, -0.2) is 4.79 Å². The molecule has 0 radical (unpaired) electrons. The number of carboxylic acid groups (broad SMARTS) is 1. The Morgan fingerprint density at radius 1 is 1.50 bits per heavy atom. The summed E-state index contributed by atoms with van der Waals surface area (Å²) in [6.07, 6.45) is 4.28. The van der Waals surface area contributed by atoms with Crippen LogP contribution in [0.3, 0.4) is 0 Å². The first-order valence-electron chi connectivity index (χ1n) is 7.16. The highest BCUT2D eigenvalue weighted by atomic mass is 16.6. The smallest absolute Gasteiger partial charge is 0.329 e. The molecule has 1 amide bonds. The van der Waals surface area contributed by atoms with E-state index in [4.69, 9.17) is 4.74 Å². The molecule has 3 aliphatic rings. The Balaban J connectivity index is 2.08. The lowest BCUT2D eigenvalue weighted by Gasteiger charge is -2.36. The van der Waals surface area contributed by atoms with Crippen LogP contribution in [0.15, 0.2) is 23.4 Å². The molecule has 0 saturated carbocycles. The van der Waals surface area contributed by atoms with Crippen LogP contribution in [-0.2, 0) is 14.3 Å². The second-order valence-corrected chi connectivity index (χ2v) is 5.67. The Kier molecular flexibility index (Phi) is 3.69. The first kappa shape index (κ1) is 14.7. The van der Waals surface area contributed by atoms with Crippen molar-refractivity contribution in [2.45, 2.75) is 31.3 Å². The Bertz CT molecular complexity index is 596. The van der Waals surface area contributed by atoms with Crippen molar-refractivity contribution in [3.8, 4) is 0 Å². The van der Waals surface area contributed by atoms with Crippen LogP contribution >= 0.6 is 0 Å². The molecule has 3 unspecified atom stereocenters. The second-order valence-electron chi connectivity index (χ2n) is 5.67. The number of rotatable bonds is 2. The summed E-state index contributed by atoms with van der Waals surface area (Å²) in [6, 6.07) is -1.84. The lowest BCUT2D eigenvalue weighted by molar-refractivity contribution is -0.530. The van der Waals surface area contributed by atoms with E-state index in [2.05, 4.69) is 0 Å². The molecule has 1 N–H and O–H groups in total. The van der Waals surface area contributed by atoms with Crippen LogP contribution in [-0.4, -0.2) is 52.1 Å². The van der Waals surface area contributed by atoms with E-state index in [-0.39, 0.29) is 36.4 Å². The summed E-state index contributed by atoms with van der Waals surface area (Å²) in [6.45, 7) is 0.0427. The predicted molar refractivity (Wildman–Crippen MR) is 73.4 cm³/mol. The van der Waals surface area contributed by atoms with E-state index in [1.807, 2.05) is 0 Å². The third kappa shape index (κ3) is 2.29. The van der Waals surface area contributed by atoms with Gasteiger partial charge in [-0.05, 0) is 12.0 Å². The average Bonchev–Trinajstić information content (AvgIpc) is 2.64. The summed E-state index contributed by atoms with van der Waals surface area (Å²) in [5.74, 6) is -1.81. The maximum Gasteiger partial charge on any atom is 0.329 e. The zero-order valence-electron chi connectivity index (χ0n) is 11.8. The molecule has 1 fully saturated rings. The van der Waals surface area contributed by atoms with Crippen LogP contribution in [0.25, 0.3) is 0 Å². The highest BCUT2D eigenvalue weighted by molar-refractivity contribution is 5.86. The van der Waals surface area contributed by atoms with Gasteiger partial charge in [0.1, 0.15) is 0 Å². The monoisotopic (exact) mass is 308 g/mol. The molecule has 0 aromatic rings. The van der Waals surface area contributed by atoms with Crippen LogP contribution in [0.2, 0.25) is 0 Å². The fourth-order valence-corrected chi connectivity index (χ4v) is 3.45. The minimum Gasteiger partial charge on any atom is -0.480 e. The topological polar surface area (TPSA) is 110 Å². The van der Waals surface area contributed by atoms with Crippen molar-refractivity contribution in [1.29, 1.82) is 0 Å². The van der Waals surface area contributed by atoms with E-state index in [1.54, 1.807) is 12.2 Å². The van der Waals surface area contributed by atoms with Crippen molar-refractivity contribution in [1.82, 2.24) is 4.90 Å². The molecule has 0 aromatic carbocycles. The van der Waals surface area contributed by atoms with Gasteiger partial charge in [0.25, 0.3) is 0 Å². The molecule has 1 saturated heterocycles. The number of fused-ring (bicyclic) bond motifs is 2. The highest BCUT2D eigenvalue weighted by Gasteiger charge is 2.44. The van der Waals surface area contributed by atoms with Gasteiger partial charge in [-0.1, -0.05) is 12.2 Å². The molecular weight excluding hydrogens is 292 g/mol. The molecule has 22 heavy (non-hydrogen) atoms. The maximum absolute atomic E-state index is 12.4. The highest BCUT2D eigenvalue weighted by Crippen LogP contribution is 2.38. The molecule has 8 heteroatoms. The second kappa shape index (κ2) is 5.53. The summed E-state index contributed by atoms with van der Waals surface area (Å²) in [4.78, 5) is 36.0. The largest absolute Gasteiger partial charge is 0.480 e. The number of morpholine rings is 1. The number of ether oxygens (including phenoxy) is 1. The van der Waals surface area contributed by atoms with Crippen LogP contribution < -0.4 is 0 Å². The fourth-order valence-electron chi connectivity index (χ4n) is 3.45. The Morgan fingerprint density at radius 2 is 2.27 bits per heavy atom. The van der Waals surface area contributed by atoms with E-state index >= 15 is 0 Å². The molecule has 2 aliphatic heterocycles. The summed E-state index contributed by atoms with van der Waals surface area (Å²) >= 11 is 0. The minimum absolute atomic E-state index is 0.0646. The standard InChI is InChI=1S/C14H16N2O6/c17-13-5-4-9-8(2-1-3-10(9)16(20)21)11-6-22-7-12(14(18)19)15(11)13/h1-2,9-10,12H,3-7H2,(H,18,19). The van der Waals surface area contributed by atoms with Crippen molar-refractivity contribution in [2.24, 2.45) is 5.92 Å². The Hall–Kier alpha value is -2.22. The number of hydrogen-bond acceptors (Lipinski definition) is 5. The molecular formula is C14H16N2O6. The molecule has 118 valence electrons. The maximum atomic E-state index is 12.4. The van der Waals surface area contributed by atoms with Crippen LogP contribution in [0.5, 0.6) is 0 Å². The predicted octanol–water partition coefficient (Wildman–Crippen LogP) is 0.568. The molecule has 2 heterocycles. The third-order valence-electron chi connectivity index (χ3n) is 4.48. The number of nitro groups is 1. The number of carbonyl (C=O) groups excluding carboxylic acids is 1. The minimum atomic E-state index is -1.13. The molecule has 8 nitrogen and oxygen atoms in total. The van der Waals surface area contributed by atoms with Gasteiger partial charge in [0.15, 0.2) is 6.04 Å². The molecule has 0 bridgehead atoms. The van der Waals surface area contributed by atoms with Crippen molar-refractivity contribution in [3.05, 3.63) is 33.5 Å². The van der Waals surface area contributed by atoms with Crippen LogP contribution in [0.1, 0.15) is 19.3 Å². The molecule has 1 aliphatic carbocycles. The lowest BCUT2D eigenvalue weighted by atomic mass is 9.81. The number of aliphatic carboxylic acids is 1. The van der Waals surface area contributed by atoms with Gasteiger partial charge < -0.3 is 9.84 Å². The first-order valence-corrected chi connectivity index (χ1v) is 7.16. The number of carbonyl (C=O) groups is 2. The van der Waals surface area contributed by atoms with Crippen molar-refractivity contribution < 1.29 is 24.4 Å². The van der Waals surface area contributed by atoms with Gasteiger partial charge in [0.2, 0.25) is 11.9 Å². The Morgan fingerprint density at radius 3 is 2.95 bits per heavy atom. The number of hydrogen-bond donors (Lipinski definition) is 1. The van der Waals surface area contributed by atoms with Gasteiger partial charge in [-0.3, -0.25) is 19.8 Å². The summed E-state index contributed by atoms with van der Waals surface area (Å²) in [5.41, 5.74) is 1.14. The fraction of sp³-hybridized carbons (Fsp3) is 0.571. The first-order chi connectivity index (χ1) is 10.5. The summed E-state index contributed by atoms with van der Waals surface area (Å²) in [5, 5.41) is 20.6. The van der Waals surface area contributed by atoms with Crippen LogP contribution in [0, 0.1) is 16.0 Å². The van der Waals surface area contributed by atoms with Gasteiger partial charge in [0.05, 0.1) is 24.8 Å². The van der Waals surface area contributed by atoms with Crippen molar-refractivity contribution in [2.75, 3.05) is 13.2 Å². The van der Waals surface area contributed by atoms with E-state index in [9.17, 15) is 24.8 Å². The third-order valence-corrected chi connectivity index (χ3v) is 4.48. The van der Waals surface area contributed by atoms with Gasteiger partial charge in [-0.15, -0.1) is 0 Å². The zero-order chi connectivity index (χ0) is 15.9. The lowest BCUT2D eigenvalue weighted by Crippen LogP contribution is -2.51. The van der Waals surface area contributed by atoms with E-state index in [0.717, 1.165) is 0 Å². The Labute approximate surface area is 126 Å². The summed E-state index contributed by atoms with van der Waals surface area (Å²) < 4.78 is 5.33. The van der Waals surface area contributed by atoms with Gasteiger partial charge in [-0.2, -0.15) is 0 Å². The SMILES string of the molecule is O=C(O)C1COCC2=C3C=CCC([N+](=O)[O-])C3CCC(=O)N21. The molecule has 0 aromatic heterocycles. The quantitative estimate of drug-likeness (QED) is 0.590. The molecule has 3 rings (SSSR count). The molecule has 3 atom stereocenters. The van der Waals surface area contributed by atoms with E-state index in [1.165, 1.54) is 4.90 Å². The zero-order valence-corrected chi connectivity index (χ0v) is 11.8. The molecule has 0 spiro atoms. The number of allylic oxidation sites excluding steroid dienone is 1. The number of carboxylic acids is 1. The summed E-state index contributed by atoms with van der Waals surface area (Å²) in [7, 11) is 0. The van der Waals surface area contributed by atoms with Crippen molar-refractivity contribution >= 4 is 11.9 Å². The average molecular weight is 308 g/mol. The van der Waals surface area contributed by atoms with Crippen molar-refractivity contribution in [3.63, 3.8) is 0 Å². The van der Waals surface area contributed by atoms with E-state index < -0.39 is 18.1 Å². The number of amides is 1. The van der Waals surface area contributed by atoms with Gasteiger partial charge >= 0.3 is 5.97 Å².